The van der Waals surface area contributed by atoms with Crippen molar-refractivity contribution in [3.8, 4) is 0 Å². The van der Waals surface area contributed by atoms with Crippen LogP contribution in [0.3, 0.4) is 0 Å². The molecule has 0 aromatic heterocycles. The summed E-state index contributed by atoms with van der Waals surface area (Å²) in [7, 11) is 0. The lowest BCUT2D eigenvalue weighted by atomic mass is 9.76. The van der Waals surface area contributed by atoms with Crippen molar-refractivity contribution in [2.75, 3.05) is 6.54 Å². The Morgan fingerprint density at radius 3 is 2.10 bits per heavy atom. The van der Waals surface area contributed by atoms with Crippen LogP contribution in [0.15, 0.2) is 0 Å². The van der Waals surface area contributed by atoms with Crippen LogP contribution in [-0.2, 0) is 0 Å². The van der Waals surface area contributed by atoms with E-state index in [9.17, 15) is 0 Å². The minimum atomic E-state index is 0.807. The molecule has 3 fully saturated rings. The first-order valence-electron chi connectivity index (χ1n) is 9.82. The molecule has 1 saturated carbocycles. The molecule has 0 spiro atoms. The van der Waals surface area contributed by atoms with Gasteiger partial charge in [-0.05, 0) is 57.4 Å². The fourth-order valence-corrected chi connectivity index (χ4v) is 5.43. The molecular formula is C19H36N2. The van der Waals surface area contributed by atoms with Crippen molar-refractivity contribution < 1.29 is 0 Å². The van der Waals surface area contributed by atoms with E-state index in [2.05, 4.69) is 24.1 Å². The highest BCUT2D eigenvalue weighted by Crippen LogP contribution is 2.40. The van der Waals surface area contributed by atoms with Crippen LogP contribution < -0.4 is 5.32 Å². The Kier molecular flexibility index (Phi) is 5.61. The minimum Gasteiger partial charge on any atom is -0.314 e. The van der Waals surface area contributed by atoms with Crippen molar-refractivity contribution in [3.63, 3.8) is 0 Å². The summed E-state index contributed by atoms with van der Waals surface area (Å²) in [6.45, 7) is 5.90. The van der Waals surface area contributed by atoms with Gasteiger partial charge in [0, 0.05) is 24.2 Å². The predicted octanol–water partition coefficient (Wildman–Crippen LogP) is 4.34. The molecule has 4 unspecified atom stereocenters. The molecule has 2 heterocycles. The summed E-state index contributed by atoms with van der Waals surface area (Å²) in [4.78, 5) is 3.02. The van der Waals surface area contributed by atoms with Gasteiger partial charge < -0.3 is 5.32 Å². The molecule has 3 rings (SSSR count). The van der Waals surface area contributed by atoms with Gasteiger partial charge in [-0.2, -0.15) is 0 Å². The molecule has 122 valence electrons. The molecule has 0 radical (unpaired) electrons. The molecule has 2 heteroatoms. The van der Waals surface area contributed by atoms with Crippen molar-refractivity contribution in [1.29, 1.82) is 0 Å². The van der Waals surface area contributed by atoms with E-state index in [1.165, 1.54) is 77.2 Å². The van der Waals surface area contributed by atoms with Crippen LogP contribution in [0, 0.1) is 5.92 Å². The fraction of sp³-hybridized carbons (Fsp3) is 1.00. The summed E-state index contributed by atoms with van der Waals surface area (Å²) >= 11 is 0. The van der Waals surface area contributed by atoms with Crippen LogP contribution in [0.25, 0.3) is 0 Å². The molecule has 1 N–H and O–H groups in total. The third-order valence-electron chi connectivity index (χ3n) is 6.47. The molecule has 0 aromatic carbocycles. The first kappa shape index (κ1) is 15.8. The van der Waals surface area contributed by atoms with Crippen molar-refractivity contribution in [2.24, 2.45) is 5.92 Å². The average Bonchev–Trinajstić information content (AvgIpc) is 2.52. The van der Waals surface area contributed by atoms with Crippen LogP contribution in [0.2, 0.25) is 0 Å². The van der Waals surface area contributed by atoms with E-state index in [1.807, 2.05) is 0 Å². The zero-order valence-corrected chi connectivity index (χ0v) is 14.3. The third-order valence-corrected chi connectivity index (χ3v) is 6.47. The highest BCUT2D eigenvalue weighted by atomic mass is 15.2. The lowest BCUT2D eigenvalue weighted by Crippen LogP contribution is -2.60. The summed E-state index contributed by atoms with van der Waals surface area (Å²) in [6, 6.07) is 3.52. The van der Waals surface area contributed by atoms with Gasteiger partial charge >= 0.3 is 0 Å². The van der Waals surface area contributed by atoms with Gasteiger partial charge in [-0.1, -0.05) is 39.5 Å². The second kappa shape index (κ2) is 7.46. The molecule has 4 atom stereocenters. The third kappa shape index (κ3) is 3.64. The Morgan fingerprint density at radius 1 is 0.857 bits per heavy atom. The second-order valence-corrected chi connectivity index (χ2v) is 7.90. The summed E-state index contributed by atoms with van der Waals surface area (Å²) in [5.41, 5.74) is 0. The number of fused-ring (bicyclic) bond motifs is 2. The highest BCUT2D eigenvalue weighted by molar-refractivity contribution is 4.98. The highest BCUT2D eigenvalue weighted by Gasteiger charge is 2.42. The van der Waals surface area contributed by atoms with E-state index in [0.29, 0.717) is 0 Å². The topological polar surface area (TPSA) is 15.3 Å². The zero-order chi connectivity index (χ0) is 14.7. The van der Waals surface area contributed by atoms with Gasteiger partial charge in [-0.15, -0.1) is 0 Å². The van der Waals surface area contributed by atoms with Crippen molar-refractivity contribution >= 4 is 0 Å². The Hall–Kier alpha value is -0.0800. The predicted molar refractivity (Wildman–Crippen MR) is 90.6 cm³/mol. The molecule has 21 heavy (non-hydrogen) atoms. The van der Waals surface area contributed by atoms with Crippen molar-refractivity contribution in [3.05, 3.63) is 0 Å². The van der Waals surface area contributed by atoms with Gasteiger partial charge in [0.1, 0.15) is 0 Å². The Morgan fingerprint density at radius 2 is 1.48 bits per heavy atom. The van der Waals surface area contributed by atoms with E-state index in [-0.39, 0.29) is 0 Å². The van der Waals surface area contributed by atoms with Crippen molar-refractivity contribution in [2.45, 2.75) is 109 Å². The minimum absolute atomic E-state index is 0.807. The lowest BCUT2D eigenvalue weighted by molar-refractivity contribution is -0.0291. The average molecular weight is 293 g/mol. The van der Waals surface area contributed by atoms with Gasteiger partial charge in [-0.3, -0.25) is 4.90 Å². The van der Waals surface area contributed by atoms with Crippen LogP contribution in [0.5, 0.6) is 0 Å². The standard InChI is InChI=1S/C19H36N2/c1-3-11-20-16-13-18-9-6-10-19(14-16)21(18)17-8-5-7-15(4-2)12-17/h15-20H,3-14H2,1-2H3. The van der Waals surface area contributed by atoms with Gasteiger partial charge in [0.25, 0.3) is 0 Å². The smallest absolute Gasteiger partial charge is 0.0116 e. The van der Waals surface area contributed by atoms with E-state index >= 15 is 0 Å². The van der Waals surface area contributed by atoms with E-state index in [0.717, 1.165) is 30.1 Å². The van der Waals surface area contributed by atoms with E-state index in [1.54, 1.807) is 0 Å². The van der Waals surface area contributed by atoms with Crippen LogP contribution >= 0.6 is 0 Å². The van der Waals surface area contributed by atoms with Crippen LogP contribution in [0.4, 0.5) is 0 Å². The number of hydrogen-bond acceptors (Lipinski definition) is 2. The molecular weight excluding hydrogens is 256 g/mol. The van der Waals surface area contributed by atoms with Crippen LogP contribution in [-0.4, -0.2) is 35.6 Å². The van der Waals surface area contributed by atoms with Gasteiger partial charge in [-0.25, -0.2) is 0 Å². The monoisotopic (exact) mass is 292 g/mol. The molecule has 0 amide bonds. The summed E-state index contributed by atoms with van der Waals surface area (Å²) < 4.78 is 0. The Bertz CT molecular complexity index is 303. The number of hydrogen-bond donors (Lipinski definition) is 1. The molecule has 1 aliphatic carbocycles. The second-order valence-electron chi connectivity index (χ2n) is 7.90. The summed E-state index contributed by atoms with van der Waals surface area (Å²) in [6.07, 6.45) is 15.9. The van der Waals surface area contributed by atoms with E-state index < -0.39 is 0 Å². The van der Waals surface area contributed by atoms with Gasteiger partial charge in [0.05, 0.1) is 0 Å². The number of piperidine rings is 2. The summed E-state index contributed by atoms with van der Waals surface area (Å²) in [5.74, 6) is 1.01. The lowest BCUT2D eigenvalue weighted by Gasteiger charge is -2.54. The summed E-state index contributed by atoms with van der Waals surface area (Å²) in [5, 5.41) is 3.82. The SMILES string of the molecule is CCCNC1CC2CCCC(C1)N2C1CCCC(CC)C1. The number of rotatable bonds is 5. The van der Waals surface area contributed by atoms with Gasteiger partial charge in [0.2, 0.25) is 0 Å². The molecule has 2 bridgehead atoms. The molecule has 2 saturated heterocycles. The fourth-order valence-electron chi connectivity index (χ4n) is 5.43. The largest absolute Gasteiger partial charge is 0.314 e. The maximum Gasteiger partial charge on any atom is 0.0116 e. The first-order chi connectivity index (χ1) is 10.3. The Labute approximate surface area is 132 Å². The van der Waals surface area contributed by atoms with Gasteiger partial charge in [0.15, 0.2) is 0 Å². The maximum absolute atomic E-state index is 3.82. The molecule has 2 aliphatic heterocycles. The maximum atomic E-state index is 3.82. The Balaban J connectivity index is 1.63. The zero-order valence-electron chi connectivity index (χ0n) is 14.3. The quantitative estimate of drug-likeness (QED) is 0.811. The molecule has 0 aromatic rings. The normalized spacial score (nSPS) is 41.1. The first-order valence-corrected chi connectivity index (χ1v) is 9.82. The molecule has 3 aliphatic rings. The molecule has 2 nitrogen and oxygen atoms in total. The van der Waals surface area contributed by atoms with Crippen LogP contribution in [0.1, 0.15) is 84.5 Å². The number of nitrogens with one attached hydrogen (secondary N) is 1. The van der Waals surface area contributed by atoms with Crippen molar-refractivity contribution in [1.82, 2.24) is 10.2 Å². The number of nitrogens with zero attached hydrogens (tertiary/aromatic N) is 1. The van der Waals surface area contributed by atoms with E-state index in [4.69, 9.17) is 0 Å².